The van der Waals surface area contributed by atoms with Crippen molar-refractivity contribution in [3.05, 3.63) is 59.2 Å². The van der Waals surface area contributed by atoms with E-state index in [0.717, 1.165) is 22.6 Å². The molecule has 2 N–H and O–H groups in total. The van der Waals surface area contributed by atoms with Gasteiger partial charge >= 0.3 is 6.18 Å². The maximum atomic E-state index is 14.5. The second-order valence-electron chi connectivity index (χ2n) is 8.67. The molecule has 3 heterocycles. The van der Waals surface area contributed by atoms with E-state index in [1.165, 1.54) is 20.2 Å². The Balaban J connectivity index is 1.89. The van der Waals surface area contributed by atoms with E-state index in [1.54, 1.807) is 18.3 Å². The lowest BCUT2D eigenvalue weighted by atomic mass is 9.88. The van der Waals surface area contributed by atoms with E-state index < -0.39 is 48.5 Å². The molecule has 12 heteroatoms. The molecule has 1 fully saturated rings. The fourth-order valence-electron chi connectivity index (χ4n) is 3.93. The lowest BCUT2D eigenvalue weighted by Crippen LogP contribution is -2.58. The van der Waals surface area contributed by atoms with Crippen LogP contribution < -0.4 is 10.5 Å². The van der Waals surface area contributed by atoms with E-state index in [2.05, 4.69) is 15.0 Å². The van der Waals surface area contributed by atoms with Gasteiger partial charge < -0.3 is 15.4 Å². The van der Waals surface area contributed by atoms with E-state index in [-0.39, 0.29) is 23.8 Å². The fraction of sp³-hybridized carbons (Fsp3) is 0.417. The van der Waals surface area contributed by atoms with Crippen LogP contribution in [0.2, 0.25) is 0 Å². The van der Waals surface area contributed by atoms with Gasteiger partial charge in [0.1, 0.15) is 12.3 Å². The molecule has 7 nitrogen and oxygen atoms in total. The Labute approximate surface area is 204 Å². The van der Waals surface area contributed by atoms with E-state index in [0.29, 0.717) is 11.9 Å². The van der Waals surface area contributed by atoms with Crippen molar-refractivity contribution in [2.24, 2.45) is 16.6 Å². The van der Waals surface area contributed by atoms with Crippen LogP contribution in [0.3, 0.4) is 0 Å². The Bertz CT molecular complexity index is 1130. The van der Waals surface area contributed by atoms with Crippen LogP contribution in [0, 0.1) is 12.8 Å². The number of rotatable bonds is 6. The number of pyridine rings is 2. The number of piperidine rings is 1. The second-order valence-corrected chi connectivity index (χ2v) is 8.67. The number of alkyl halides is 5. The van der Waals surface area contributed by atoms with Gasteiger partial charge in [0.2, 0.25) is 5.88 Å². The monoisotopic (exact) mass is 511 g/mol. The molecule has 2 aromatic rings. The highest BCUT2D eigenvalue weighted by Gasteiger charge is 2.47. The predicted molar refractivity (Wildman–Crippen MR) is 123 cm³/mol. The largest absolute Gasteiger partial charge is 0.475 e. The summed E-state index contributed by atoms with van der Waals surface area (Å²) in [6, 6.07) is 4.38. The fourth-order valence-corrected chi connectivity index (χ4v) is 3.93. The first-order valence-electron chi connectivity index (χ1n) is 11.0. The molecule has 1 unspecified atom stereocenters. The van der Waals surface area contributed by atoms with Crippen molar-refractivity contribution in [1.82, 2.24) is 14.9 Å². The van der Waals surface area contributed by atoms with Gasteiger partial charge in [-0.25, -0.2) is 13.8 Å². The summed E-state index contributed by atoms with van der Waals surface area (Å²) in [6.07, 6.45) is -1.55. The molecule has 0 saturated carbocycles. The third-order valence-corrected chi connectivity index (χ3v) is 5.77. The van der Waals surface area contributed by atoms with Crippen molar-refractivity contribution in [1.29, 1.82) is 0 Å². The molecule has 0 spiro atoms. The highest BCUT2D eigenvalue weighted by Crippen LogP contribution is 2.36. The highest BCUT2D eigenvalue weighted by atomic mass is 19.4. The van der Waals surface area contributed by atoms with Gasteiger partial charge in [0, 0.05) is 43.7 Å². The molecule has 2 atom stereocenters. The van der Waals surface area contributed by atoms with Crippen molar-refractivity contribution in [3.63, 3.8) is 0 Å². The van der Waals surface area contributed by atoms with Crippen LogP contribution in [0.1, 0.15) is 30.2 Å². The molecule has 1 amide bonds. The highest BCUT2D eigenvalue weighted by molar-refractivity contribution is 6.17. The Morgan fingerprint density at radius 1 is 1.25 bits per heavy atom. The average molecular weight is 511 g/mol. The van der Waals surface area contributed by atoms with Gasteiger partial charge in [0.15, 0.2) is 0 Å². The zero-order valence-electron chi connectivity index (χ0n) is 19.9. The number of aryl methyl sites for hydroxylation is 1. The van der Waals surface area contributed by atoms with E-state index in [4.69, 9.17) is 10.5 Å². The molecule has 36 heavy (non-hydrogen) atoms. The lowest BCUT2D eigenvalue weighted by Gasteiger charge is -2.43. The van der Waals surface area contributed by atoms with Gasteiger partial charge in [-0.05, 0) is 30.5 Å². The molecule has 0 radical (unpaired) electrons. The zero-order chi connectivity index (χ0) is 26.7. The van der Waals surface area contributed by atoms with Crippen LogP contribution in [-0.4, -0.2) is 59.2 Å². The van der Waals surface area contributed by atoms with Crippen LogP contribution in [0.5, 0.6) is 5.88 Å². The summed E-state index contributed by atoms with van der Waals surface area (Å²) in [5.74, 6) is -4.86. The molecule has 194 valence electrons. The van der Waals surface area contributed by atoms with Gasteiger partial charge in [0.05, 0.1) is 23.8 Å². The van der Waals surface area contributed by atoms with E-state index >= 15 is 0 Å². The average Bonchev–Trinajstić information content (AvgIpc) is 2.80. The molecule has 3 rings (SSSR count). The van der Waals surface area contributed by atoms with Crippen LogP contribution in [0.15, 0.2) is 47.3 Å². The molecule has 1 saturated heterocycles. The van der Waals surface area contributed by atoms with Crippen LogP contribution in [0.25, 0.3) is 5.57 Å². The maximum absolute atomic E-state index is 14.5. The number of aromatic nitrogens is 2. The second kappa shape index (κ2) is 10.6. The van der Waals surface area contributed by atoms with Gasteiger partial charge in [-0.1, -0.05) is 13.0 Å². The first kappa shape index (κ1) is 27.0. The Kier molecular flexibility index (Phi) is 7.95. The van der Waals surface area contributed by atoms with Gasteiger partial charge in [0.25, 0.3) is 11.8 Å². The molecule has 0 aliphatic carbocycles. The summed E-state index contributed by atoms with van der Waals surface area (Å²) in [5, 5.41) is 0. The maximum Gasteiger partial charge on any atom is 0.417 e. The number of amides is 1. The molecular weight excluding hydrogens is 485 g/mol. The van der Waals surface area contributed by atoms with Gasteiger partial charge in [-0.3, -0.25) is 14.8 Å². The smallest absolute Gasteiger partial charge is 0.417 e. The quantitative estimate of drug-likeness (QED) is 0.358. The summed E-state index contributed by atoms with van der Waals surface area (Å²) in [5.41, 5.74) is 6.28. The number of halogens is 5. The minimum atomic E-state index is -4.56. The number of nitrogens with two attached hydrogens (primary N) is 1. The number of allylic oxidation sites excluding steroid dienone is 1. The third-order valence-electron chi connectivity index (χ3n) is 5.77. The normalized spacial score (nSPS) is 20.8. The molecule has 2 aromatic heterocycles. The molecule has 1 aliphatic rings. The Hall–Kier alpha value is -3.57. The Morgan fingerprint density at radius 3 is 2.53 bits per heavy atom. The SMILES string of the molecule is CN=CC(=C(N)C(=O)N1CC(F)(F)C[C@@H](C)C1COc1ccc(C(F)(F)F)cn1)c1ccc(C)cn1. The van der Waals surface area contributed by atoms with E-state index in [9.17, 15) is 26.7 Å². The number of hydrogen-bond donors (Lipinski definition) is 1. The van der Waals surface area contributed by atoms with Crippen molar-refractivity contribution < 1.29 is 31.5 Å². The van der Waals surface area contributed by atoms with Gasteiger partial charge in [-0.15, -0.1) is 0 Å². The summed E-state index contributed by atoms with van der Waals surface area (Å²) < 4.78 is 72.8. The zero-order valence-corrected chi connectivity index (χ0v) is 19.9. The summed E-state index contributed by atoms with van der Waals surface area (Å²) in [7, 11) is 1.47. The molecule has 1 aliphatic heterocycles. The Morgan fingerprint density at radius 2 is 1.97 bits per heavy atom. The molecular formula is C24H26F5N5O2. The lowest BCUT2D eigenvalue weighted by molar-refractivity contribution is -0.151. The minimum absolute atomic E-state index is 0.133. The number of carbonyl (C=O) groups excluding carboxylic acids is 1. The van der Waals surface area contributed by atoms with Crippen molar-refractivity contribution in [2.75, 3.05) is 20.2 Å². The molecule has 0 bridgehead atoms. The number of likely N-dealkylation sites (tertiary alicyclic amines) is 1. The summed E-state index contributed by atoms with van der Waals surface area (Å²) in [4.78, 5) is 26.1. The number of ether oxygens (including phenoxy) is 1. The predicted octanol–water partition coefficient (Wildman–Crippen LogP) is 4.13. The summed E-state index contributed by atoms with van der Waals surface area (Å²) >= 11 is 0. The van der Waals surface area contributed by atoms with Crippen molar-refractivity contribution in [2.45, 2.75) is 38.4 Å². The number of nitrogens with zero attached hydrogens (tertiary/aromatic N) is 4. The number of hydrogen-bond acceptors (Lipinski definition) is 6. The number of aliphatic imine (C=N–C) groups is 1. The third kappa shape index (κ3) is 6.35. The molecule has 0 aromatic carbocycles. The van der Waals surface area contributed by atoms with Crippen molar-refractivity contribution in [3.8, 4) is 5.88 Å². The van der Waals surface area contributed by atoms with Crippen LogP contribution >= 0.6 is 0 Å². The van der Waals surface area contributed by atoms with E-state index in [1.807, 2.05) is 6.92 Å². The first-order chi connectivity index (χ1) is 16.8. The minimum Gasteiger partial charge on any atom is -0.475 e. The number of carbonyl (C=O) groups is 1. The van der Waals surface area contributed by atoms with Crippen LogP contribution in [0.4, 0.5) is 22.0 Å². The summed E-state index contributed by atoms with van der Waals surface area (Å²) in [6.45, 7) is 2.20. The van der Waals surface area contributed by atoms with Gasteiger partial charge in [-0.2, -0.15) is 13.2 Å². The topological polar surface area (TPSA) is 93.7 Å². The van der Waals surface area contributed by atoms with Crippen molar-refractivity contribution >= 4 is 17.7 Å². The standard InChI is InChI=1S/C24H26F5N5O2/c1-14-4-6-18(32-9-14)17(11-31-3)21(30)22(35)34-13-23(25,26)8-15(2)19(34)12-36-20-7-5-16(10-33-20)24(27,28)29/h4-7,9-11,15,19H,8,12-13,30H2,1-3H3/t15-,19?/m1/s1. The first-order valence-corrected chi connectivity index (χ1v) is 11.0. The van der Waals surface area contributed by atoms with Crippen LogP contribution in [-0.2, 0) is 11.0 Å².